The van der Waals surface area contributed by atoms with Crippen LogP contribution in [-0.4, -0.2) is 32.9 Å². The predicted molar refractivity (Wildman–Crippen MR) is 149 cm³/mol. The first-order valence-corrected chi connectivity index (χ1v) is 13.2. The molecule has 0 amide bonds. The second-order valence-electron chi connectivity index (χ2n) is 11.7. The average Bonchev–Trinajstić information content (AvgIpc) is 3.60. The van der Waals surface area contributed by atoms with Gasteiger partial charge in [0.1, 0.15) is 29.2 Å². The molecule has 210 valence electrons. The first kappa shape index (κ1) is 27.9. The zero-order chi connectivity index (χ0) is 29.5. The molecule has 2 heterocycles. The number of hydrogen-bond donors (Lipinski definition) is 2. The van der Waals surface area contributed by atoms with Crippen molar-refractivity contribution in [3.05, 3.63) is 76.5 Å². The van der Waals surface area contributed by atoms with Gasteiger partial charge in [-0.25, -0.2) is 17.9 Å². The summed E-state index contributed by atoms with van der Waals surface area (Å²) in [5.41, 5.74) is 2.29. The van der Waals surface area contributed by atoms with E-state index in [1.165, 1.54) is 29.2 Å². The molecular formula is C30H29F3N8. The second kappa shape index (κ2) is 10.4. The number of halogens is 3. The van der Waals surface area contributed by atoms with E-state index >= 15 is 0 Å². The summed E-state index contributed by atoms with van der Waals surface area (Å²) in [4.78, 5) is 4.39. The highest BCUT2D eigenvalue weighted by atomic mass is 19.3. The molecule has 2 aromatic heterocycles. The van der Waals surface area contributed by atoms with E-state index in [9.17, 15) is 23.7 Å². The molecule has 1 aliphatic carbocycles. The van der Waals surface area contributed by atoms with Crippen LogP contribution < -0.4 is 10.6 Å². The second-order valence-corrected chi connectivity index (χ2v) is 11.7. The van der Waals surface area contributed by atoms with Gasteiger partial charge in [0.15, 0.2) is 0 Å². The number of aromatic nitrogens is 4. The van der Waals surface area contributed by atoms with Crippen LogP contribution in [0.15, 0.2) is 42.7 Å². The zero-order valence-corrected chi connectivity index (χ0v) is 23.1. The molecular weight excluding hydrogens is 529 g/mol. The largest absolute Gasteiger partial charge is 0.383 e. The Kier molecular flexibility index (Phi) is 7.08. The Morgan fingerprint density at radius 2 is 1.83 bits per heavy atom. The molecule has 0 saturated heterocycles. The van der Waals surface area contributed by atoms with Crippen LogP contribution in [0.1, 0.15) is 67.6 Å². The maximum absolute atomic E-state index is 14.0. The molecule has 0 unspecified atom stereocenters. The highest BCUT2D eigenvalue weighted by Gasteiger charge is 2.54. The van der Waals surface area contributed by atoms with Crippen LogP contribution in [0.2, 0.25) is 0 Å². The number of anilines is 2. The van der Waals surface area contributed by atoms with E-state index in [0.717, 1.165) is 0 Å². The van der Waals surface area contributed by atoms with Gasteiger partial charge in [0.05, 0.1) is 34.6 Å². The molecule has 41 heavy (non-hydrogen) atoms. The number of nitrogens with zero attached hydrogens (tertiary/aromatic N) is 6. The summed E-state index contributed by atoms with van der Waals surface area (Å²) < 4.78 is 42.9. The van der Waals surface area contributed by atoms with Crippen LogP contribution >= 0.6 is 0 Å². The number of pyridine rings is 1. The monoisotopic (exact) mass is 558 g/mol. The van der Waals surface area contributed by atoms with Gasteiger partial charge in [-0.1, -0.05) is 32.1 Å². The lowest BCUT2D eigenvalue weighted by Crippen LogP contribution is -2.26. The van der Waals surface area contributed by atoms with Crippen molar-refractivity contribution in [1.82, 2.24) is 20.0 Å². The third kappa shape index (κ3) is 5.40. The Hall–Kier alpha value is -4.64. The molecule has 8 nitrogen and oxygen atoms in total. The Labute approximate surface area is 235 Å². The van der Waals surface area contributed by atoms with Gasteiger partial charge in [0.2, 0.25) is 0 Å². The van der Waals surface area contributed by atoms with Crippen molar-refractivity contribution < 1.29 is 13.2 Å². The highest BCUT2D eigenvalue weighted by Crippen LogP contribution is 2.48. The van der Waals surface area contributed by atoms with E-state index in [1.54, 1.807) is 25.1 Å². The number of fused-ring (bicyclic) bond motifs is 1. The van der Waals surface area contributed by atoms with Gasteiger partial charge in [-0.3, -0.25) is 4.98 Å². The van der Waals surface area contributed by atoms with Gasteiger partial charge < -0.3 is 10.6 Å². The van der Waals surface area contributed by atoms with Crippen LogP contribution in [0.25, 0.3) is 10.9 Å². The molecule has 2 N–H and O–H groups in total. The fraction of sp³-hybridized carbons (Fsp3) is 0.367. The number of rotatable bonds is 8. The number of nitriles is 2. The van der Waals surface area contributed by atoms with Crippen molar-refractivity contribution in [1.29, 1.82) is 10.5 Å². The van der Waals surface area contributed by atoms with E-state index in [2.05, 4.69) is 58.8 Å². The topological polar surface area (TPSA) is 115 Å². The summed E-state index contributed by atoms with van der Waals surface area (Å²) in [6.45, 7) is 8.49. The fourth-order valence-corrected chi connectivity index (χ4v) is 4.84. The van der Waals surface area contributed by atoms with Gasteiger partial charge in [-0.15, -0.1) is 5.10 Å². The molecule has 11 heteroatoms. The molecule has 0 bridgehead atoms. The quantitative estimate of drug-likeness (QED) is 0.256. The van der Waals surface area contributed by atoms with Gasteiger partial charge in [-0.2, -0.15) is 10.5 Å². The van der Waals surface area contributed by atoms with E-state index in [4.69, 9.17) is 0 Å². The number of alkyl halides is 2. The highest BCUT2D eigenvalue weighted by molar-refractivity contribution is 5.99. The van der Waals surface area contributed by atoms with Crippen molar-refractivity contribution in [2.45, 2.75) is 58.5 Å². The maximum Gasteiger partial charge on any atom is 0.263 e. The Morgan fingerprint density at radius 1 is 1.10 bits per heavy atom. The summed E-state index contributed by atoms with van der Waals surface area (Å²) in [5.74, 6) is -0.412. The molecule has 1 saturated carbocycles. The summed E-state index contributed by atoms with van der Waals surface area (Å²) in [6.07, 6.45) is 0.959. The van der Waals surface area contributed by atoms with E-state index in [0.29, 0.717) is 64.0 Å². The minimum atomic E-state index is -2.59. The van der Waals surface area contributed by atoms with E-state index < -0.39 is 23.8 Å². The van der Waals surface area contributed by atoms with Crippen LogP contribution in [0.5, 0.6) is 0 Å². The lowest BCUT2D eigenvalue weighted by Gasteiger charge is -2.23. The zero-order valence-electron chi connectivity index (χ0n) is 23.1. The Balaban J connectivity index is 1.63. The Bertz CT molecular complexity index is 1700. The van der Waals surface area contributed by atoms with Crippen molar-refractivity contribution in [2.75, 3.05) is 17.2 Å². The van der Waals surface area contributed by atoms with E-state index in [1.807, 2.05) is 0 Å². The van der Waals surface area contributed by atoms with E-state index in [-0.39, 0.29) is 11.0 Å². The van der Waals surface area contributed by atoms with Crippen LogP contribution in [0.4, 0.5) is 24.5 Å². The smallest absolute Gasteiger partial charge is 0.263 e. The number of benzene rings is 2. The molecule has 5 rings (SSSR count). The third-order valence-electron chi connectivity index (χ3n) is 7.29. The van der Waals surface area contributed by atoms with Crippen LogP contribution in [0, 0.1) is 40.8 Å². The standard InChI is InChI=1S/C30H29F3N8/c1-17-9-20(31)5-6-22(17)27(24-15-41(40-39-24)30(7-8-30)28(32)33)38-21-10-18(12-34)25-23(11-21)26(19(13-35)14-36-25)37-16-29(2,3)4/h5-6,9-11,14-15,27-28,38H,7-8,16H2,1-4H3,(H,36,37)/t27-/m0/s1. The molecule has 1 fully saturated rings. The molecule has 2 aromatic carbocycles. The minimum Gasteiger partial charge on any atom is -0.383 e. The number of nitrogens with one attached hydrogen (secondary N) is 2. The van der Waals surface area contributed by atoms with Crippen LogP contribution in [0.3, 0.4) is 0 Å². The molecule has 1 aliphatic rings. The molecule has 0 aliphatic heterocycles. The lowest BCUT2D eigenvalue weighted by atomic mass is 9.96. The van der Waals surface area contributed by atoms with Crippen LogP contribution in [-0.2, 0) is 5.54 Å². The summed E-state index contributed by atoms with van der Waals surface area (Å²) >= 11 is 0. The van der Waals surface area contributed by atoms with Crippen molar-refractivity contribution in [3.63, 3.8) is 0 Å². The third-order valence-corrected chi connectivity index (χ3v) is 7.29. The molecule has 0 radical (unpaired) electrons. The summed E-state index contributed by atoms with van der Waals surface area (Å²) in [6, 6.07) is 11.4. The van der Waals surface area contributed by atoms with Crippen molar-refractivity contribution >= 4 is 22.3 Å². The summed E-state index contributed by atoms with van der Waals surface area (Å²) in [5, 5.41) is 35.4. The molecule has 1 atom stereocenters. The molecule has 4 aromatic rings. The van der Waals surface area contributed by atoms with Gasteiger partial charge >= 0.3 is 0 Å². The number of aryl methyl sites for hydroxylation is 1. The predicted octanol–water partition coefficient (Wildman–Crippen LogP) is 6.43. The maximum atomic E-state index is 14.0. The lowest BCUT2D eigenvalue weighted by molar-refractivity contribution is 0.0593. The van der Waals surface area contributed by atoms with Crippen molar-refractivity contribution in [2.24, 2.45) is 5.41 Å². The first-order valence-electron chi connectivity index (χ1n) is 13.2. The van der Waals surface area contributed by atoms with Gasteiger partial charge in [0.25, 0.3) is 6.43 Å². The number of hydrogen-bond acceptors (Lipinski definition) is 7. The fourth-order valence-electron chi connectivity index (χ4n) is 4.84. The molecule has 0 spiro atoms. The Morgan fingerprint density at radius 3 is 2.44 bits per heavy atom. The summed E-state index contributed by atoms with van der Waals surface area (Å²) in [7, 11) is 0. The first-order chi connectivity index (χ1) is 19.5. The normalized spacial score (nSPS) is 14.9. The van der Waals surface area contributed by atoms with Gasteiger partial charge in [-0.05, 0) is 60.6 Å². The van der Waals surface area contributed by atoms with Gasteiger partial charge in [0, 0.05) is 23.8 Å². The average molecular weight is 559 g/mol. The SMILES string of the molecule is Cc1cc(F)ccc1[C@H](Nc1cc(C#N)c2ncc(C#N)c(NCC(C)(C)C)c2c1)c1cn(C2(C(F)F)CC2)nn1. The minimum absolute atomic E-state index is 0.0928. The van der Waals surface area contributed by atoms with Crippen molar-refractivity contribution in [3.8, 4) is 12.1 Å².